The topological polar surface area (TPSA) is 105 Å². The van der Waals surface area contributed by atoms with Crippen LogP contribution in [-0.4, -0.2) is 41.4 Å². The van der Waals surface area contributed by atoms with Crippen LogP contribution in [0.2, 0.25) is 0 Å². The van der Waals surface area contributed by atoms with Crippen molar-refractivity contribution in [1.82, 2.24) is 5.32 Å². The number of carboxylic acid groups (broad SMARTS) is 1. The number of nitrogens with one attached hydrogen (secondary N) is 1. The van der Waals surface area contributed by atoms with E-state index in [9.17, 15) is 9.59 Å². The monoisotopic (exact) mass is 293 g/mol. The fraction of sp³-hybridized carbons (Fsp3) is 0.800. The van der Waals surface area contributed by atoms with Crippen molar-refractivity contribution in [3.63, 3.8) is 0 Å². The van der Waals surface area contributed by atoms with Crippen LogP contribution in [0.5, 0.6) is 0 Å². The average Bonchev–Trinajstić information content (AvgIpc) is 2.34. The second-order valence-electron chi connectivity index (χ2n) is 3.84. The smallest absolute Gasteiger partial charge is 0.326 e. The molecule has 0 aliphatic carbocycles. The van der Waals surface area contributed by atoms with Gasteiger partial charge in [-0.2, -0.15) is 12.6 Å². The lowest BCUT2D eigenvalue weighted by Crippen LogP contribution is -2.45. The summed E-state index contributed by atoms with van der Waals surface area (Å²) < 4.78 is 3.72. The molecule has 2 atom stereocenters. The van der Waals surface area contributed by atoms with Crippen LogP contribution in [-0.2, 0) is 9.59 Å². The highest BCUT2D eigenvalue weighted by molar-refractivity contribution is 7.80. The van der Waals surface area contributed by atoms with Crippen LogP contribution in [0.25, 0.3) is 0 Å². The SMILES string of the molecule is NCCCC[C@H](NC(=O)[C@H](CCS)N=P)C(=O)O. The minimum atomic E-state index is -1.04. The summed E-state index contributed by atoms with van der Waals surface area (Å²) in [4.78, 5) is 22.7. The fourth-order valence-electron chi connectivity index (χ4n) is 1.39. The van der Waals surface area contributed by atoms with E-state index < -0.39 is 24.0 Å². The molecule has 0 aromatic carbocycles. The molecular formula is C10H20N3O3PS. The van der Waals surface area contributed by atoms with E-state index in [1.165, 1.54) is 0 Å². The largest absolute Gasteiger partial charge is 0.480 e. The molecule has 0 aliphatic heterocycles. The van der Waals surface area contributed by atoms with E-state index in [4.69, 9.17) is 10.8 Å². The number of nitrogens with zero attached hydrogens (tertiary/aromatic N) is 1. The Labute approximate surface area is 114 Å². The third kappa shape index (κ3) is 6.93. The number of nitrogens with two attached hydrogens (primary N) is 1. The number of aliphatic carboxylic acids is 1. The Bertz CT molecular complexity index is 292. The molecule has 0 aromatic heterocycles. The summed E-state index contributed by atoms with van der Waals surface area (Å²) in [5, 5.41) is 11.5. The van der Waals surface area contributed by atoms with Crippen molar-refractivity contribution in [2.45, 2.75) is 37.8 Å². The molecule has 0 rings (SSSR count). The summed E-state index contributed by atoms with van der Waals surface area (Å²) >= 11 is 4.02. The van der Waals surface area contributed by atoms with Crippen LogP contribution in [0.3, 0.4) is 0 Å². The highest BCUT2D eigenvalue weighted by Crippen LogP contribution is 2.06. The second kappa shape index (κ2) is 10.3. The van der Waals surface area contributed by atoms with E-state index in [0.717, 1.165) is 6.42 Å². The molecule has 0 bridgehead atoms. The Morgan fingerprint density at radius 1 is 1.39 bits per heavy atom. The molecular weight excluding hydrogens is 273 g/mol. The molecule has 8 heteroatoms. The maximum Gasteiger partial charge on any atom is 0.326 e. The molecule has 104 valence electrons. The van der Waals surface area contributed by atoms with Gasteiger partial charge in [0.05, 0.1) is 0 Å². The molecule has 0 saturated carbocycles. The van der Waals surface area contributed by atoms with Crippen LogP contribution < -0.4 is 11.1 Å². The Morgan fingerprint density at radius 3 is 2.50 bits per heavy atom. The van der Waals surface area contributed by atoms with Gasteiger partial charge in [-0.15, -0.1) is 0 Å². The summed E-state index contributed by atoms with van der Waals surface area (Å²) in [6.07, 6.45) is 2.22. The van der Waals surface area contributed by atoms with Gasteiger partial charge in [-0.25, -0.2) is 4.79 Å². The van der Waals surface area contributed by atoms with Gasteiger partial charge in [0, 0.05) is 0 Å². The van der Waals surface area contributed by atoms with Crippen LogP contribution in [0.15, 0.2) is 4.74 Å². The molecule has 0 spiro atoms. The third-order valence-corrected chi connectivity index (χ3v) is 2.99. The lowest BCUT2D eigenvalue weighted by Gasteiger charge is -2.17. The number of hydrogen-bond acceptors (Lipinski definition) is 5. The van der Waals surface area contributed by atoms with Crippen LogP contribution >= 0.6 is 21.7 Å². The van der Waals surface area contributed by atoms with Crippen molar-refractivity contribution >= 4 is 33.5 Å². The van der Waals surface area contributed by atoms with Crippen molar-refractivity contribution in [2.24, 2.45) is 10.5 Å². The highest BCUT2D eigenvalue weighted by Gasteiger charge is 2.23. The van der Waals surface area contributed by atoms with Crippen molar-refractivity contribution in [3.8, 4) is 0 Å². The van der Waals surface area contributed by atoms with Gasteiger partial charge in [0.25, 0.3) is 0 Å². The van der Waals surface area contributed by atoms with Crippen LogP contribution in [0.1, 0.15) is 25.7 Å². The summed E-state index contributed by atoms with van der Waals surface area (Å²) in [6.45, 7) is 0.513. The van der Waals surface area contributed by atoms with Crippen LogP contribution in [0, 0.1) is 0 Å². The van der Waals surface area contributed by atoms with E-state index in [-0.39, 0.29) is 0 Å². The van der Waals surface area contributed by atoms with Crippen molar-refractivity contribution in [1.29, 1.82) is 0 Å². The summed E-state index contributed by atoms with van der Waals surface area (Å²) in [5.41, 5.74) is 5.34. The molecule has 6 nitrogen and oxygen atoms in total. The van der Waals surface area contributed by atoms with Gasteiger partial charge >= 0.3 is 5.97 Å². The van der Waals surface area contributed by atoms with Crippen molar-refractivity contribution < 1.29 is 14.7 Å². The zero-order valence-corrected chi connectivity index (χ0v) is 12.0. The van der Waals surface area contributed by atoms with Gasteiger partial charge in [0.2, 0.25) is 5.91 Å². The third-order valence-electron chi connectivity index (χ3n) is 2.42. The van der Waals surface area contributed by atoms with Gasteiger partial charge in [-0.1, -0.05) is 0 Å². The zero-order chi connectivity index (χ0) is 14.0. The number of carboxylic acids is 1. The van der Waals surface area contributed by atoms with Crippen molar-refractivity contribution in [2.75, 3.05) is 12.3 Å². The van der Waals surface area contributed by atoms with E-state index in [1.807, 2.05) is 0 Å². The number of thiol groups is 1. The number of amides is 1. The Morgan fingerprint density at radius 2 is 2.06 bits per heavy atom. The maximum absolute atomic E-state index is 11.8. The number of unbranched alkanes of at least 4 members (excludes halogenated alkanes) is 1. The van der Waals surface area contributed by atoms with E-state index in [0.29, 0.717) is 31.6 Å². The molecule has 18 heavy (non-hydrogen) atoms. The summed E-state index contributed by atoms with van der Waals surface area (Å²) in [5.74, 6) is -0.949. The van der Waals surface area contributed by atoms with Gasteiger partial charge in [0.15, 0.2) is 0 Å². The van der Waals surface area contributed by atoms with Gasteiger partial charge < -0.3 is 16.2 Å². The predicted octanol–water partition coefficient (Wildman–Crippen LogP) is 0.700. The summed E-state index contributed by atoms with van der Waals surface area (Å²) in [7, 11) is 2.92. The first-order valence-electron chi connectivity index (χ1n) is 5.77. The second-order valence-corrected chi connectivity index (χ2v) is 4.55. The number of carbonyl (C=O) groups excluding carboxylic acids is 1. The molecule has 0 radical (unpaired) electrons. The Balaban J connectivity index is 4.33. The predicted molar refractivity (Wildman–Crippen MR) is 75.5 cm³/mol. The lowest BCUT2D eigenvalue weighted by molar-refractivity contribution is -0.142. The first kappa shape index (κ1) is 17.4. The molecule has 0 fully saturated rings. The zero-order valence-electron chi connectivity index (χ0n) is 10.1. The van der Waals surface area contributed by atoms with E-state index >= 15 is 0 Å². The number of rotatable bonds is 10. The minimum Gasteiger partial charge on any atom is -0.480 e. The van der Waals surface area contributed by atoms with Crippen molar-refractivity contribution in [3.05, 3.63) is 0 Å². The molecule has 0 aromatic rings. The first-order valence-corrected chi connectivity index (χ1v) is 6.85. The quantitative estimate of drug-likeness (QED) is 0.270. The molecule has 0 saturated heterocycles. The molecule has 4 N–H and O–H groups in total. The fourth-order valence-corrected chi connectivity index (χ4v) is 1.89. The van der Waals surface area contributed by atoms with E-state index in [1.54, 1.807) is 0 Å². The van der Waals surface area contributed by atoms with Gasteiger partial charge in [0.1, 0.15) is 12.1 Å². The minimum absolute atomic E-state index is 0.369. The van der Waals surface area contributed by atoms with Crippen LogP contribution in [0.4, 0.5) is 0 Å². The van der Waals surface area contributed by atoms with Gasteiger partial charge in [-0.3, -0.25) is 9.54 Å². The average molecular weight is 293 g/mol. The first-order chi connectivity index (χ1) is 8.56. The Hall–Kier alpha value is -0.650. The number of hydrogen-bond donors (Lipinski definition) is 4. The molecule has 0 unspecified atom stereocenters. The Kier molecular flexibility index (Phi) is 9.92. The molecule has 0 heterocycles. The molecule has 1 amide bonds. The standard InChI is InChI=1S/C10H20N3O3PS/c11-5-2-1-3-8(10(15)16)12-9(14)7(13-17)4-6-18/h7-8,17-18H,1-6,11H2,(H,12,14)(H,15,16)/t7-,8-/m0/s1. The molecule has 0 aliphatic rings. The normalized spacial score (nSPS) is 13.7. The lowest BCUT2D eigenvalue weighted by atomic mass is 10.1. The highest BCUT2D eigenvalue weighted by atomic mass is 32.1. The van der Waals surface area contributed by atoms with Gasteiger partial charge in [-0.05, 0) is 47.0 Å². The maximum atomic E-state index is 11.8. The number of carbonyl (C=O) groups is 2. The summed E-state index contributed by atoms with van der Waals surface area (Å²) in [6, 6.07) is -1.50. The van der Waals surface area contributed by atoms with E-state index in [2.05, 4.69) is 31.7 Å².